The van der Waals surface area contributed by atoms with E-state index in [1.807, 2.05) is 19.1 Å². The van der Waals surface area contributed by atoms with Gasteiger partial charge in [-0.25, -0.2) is 9.78 Å². The summed E-state index contributed by atoms with van der Waals surface area (Å²) >= 11 is 7.39. The summed E-state index contributed by atoms with van der Waals surface area (Å²) in [5.74, 6) is -0.0493. The third-order valence-electron chi connectivity index (χ3n) is 2.69. The van der Waals surface area contributed by atoms with E-state index in [0.29, 0.717) is 21.4 Å². The average molecular weight is 312 g/mol. The van der Waals surface area contributed by atoms with Gasteiger partial charge in [0.15, 0.2) is 0 Å². The van der Waals surface area contributed by atoms with E-state index in [-0.39, 0.29) is 6.04 Å². The number of pyridine rings is 1. The minimum absolute atomic E-state index is 0.0352. The van der Waals surface area contributed by atoms with Crippen molar-refractivity contribution in [3.63, 3.8) is 0 Å². The number of thiophene rings is 1. The molecular formula is C13H14ClN3O2S. The molecule has 2 heterocycles. The fourth-order valence-electron chi connectivity index (χ4n) is 1.70. The Labute approximate surface area is 125 Å². The van der Waals surface area contributed by atoms with Crippen LogP contribution in [0.3, 0.4) is 0 Å². The summed E-state index contributed by atoms with van der Waals surface area (Å²) < 4.78 is 5.45. The van der Waals surface area contributed by atoms with Crippen molar-refractivity contribution in [2.24, 2.45) is 0 Å². The topological polar surface area (TPSA) is 77.2 Å². The monoisotopic (exact) mass is 311 g/mol. The van der Waals surface area contributed by atoms with Crippen LogP contribution in [0.2, 0.25) is 4.34 Å². The van der Waals surface area contributed by atoms with Gasteiger partial charge in [-0.3, -0.25) is 0 Å². The lowest BCUT2D eigenvalue weighted by molar-refractivity contribution is 0.0601. The number of nitrogen functional groups attached to an aromatic ring is 1. The fourth-order valence-corrected chi connectivity index (χ4v) is 2.76. The standard InChI is InChI=1S/C13H14ClN3O2S/c1-7(10-3-4-11(14)20-10)17-12-9(13(18)19-2)5-8(15)6-16-12/h3-7H,15H2,1-2H3,(H,16,17). The zero-order chi connectivity index (χ0) is 14.7. The number of nitrogens with one attached hydrogen (secondary N) is 1. The lowest BCUT2D eigenvalue weighted by atomic mass is 10.2. The lowest BCUT2D eigenvalue weighted by Gasteiger charge is -2.15. The summed E-state index contributed by atoms with van der Waals surface area (Å²) in [5, 5.41) is 3.17. The number of aromatic nitrogens is 1. The average Bonchev–Trinajstić information content (AvgIpc) is 2.86. The maximum atomic E-state index is 11.7. The first-order valence-electron chi connectivity index (χ1n) is 5.87. The largest absolute Gasteiger partial charge is 0.465 e. The highest BCUT2D eigenvalue weighted by molar-refractivity contribution is 7.16. The number of ether oxygens (including phenoxy) is 1. The second kappa shape index (κ2) is 6.11. The van der Waals surface area contributed by atoms with Crippen LogP contribution in [0, 0.1) is 0 Å². The Morgan fingerprint density at radius 2 is 2.30 bits per heavy atom. The summed E-state index contributed by atoms with van der Waals surface area (Å²) in [5.41, 5.74) is 6.36. The first kappa shape index (κ1) is 14.6. The molecule has 0 aliphatic rings. The Morgan fingerprint density at radius 3 is 2.90 bits per heavy atom. The molecule has 7 heteroatoms. The first-order chi connectivity index (χ1) is 9.51. The summed E-state index contributed by atoms with van der Waals surface area (Å²) in [4.78, 5) is 16.9. The van der Waals surface area contributed by atoms with Crippen LogP contribution in [0.5, 0.6) is 0 Å². The van der Waals surface area contributed by atoms with Crippen molar-refractivity contribution in [1.82, 2.24) is 4.98 Å². The van der Waals surface area contributed by atoms with Gasteiger partial charge in [0.05, 0.1) is 29.4 Å². The molecular weight excluding hydrogens is 298 g/mol. The molecule has 3 N–H and O–H groups in total. The molecule has 2 rings (SSSR count). The van der Waals surface area contributed by atoms with Gasteiger partial charge in [-0.05, 0) is 25.1 Å². The molecule has 5 nitrogen and oxygen atoms in total. The van der Waals surface area contributed by atoms with Crippen LogP contribution < -0.4 is 11.1 Å². The van der Waals surface area contributed by atoms with Gasteiger partial charge in [-0.1, -0.05) is 11.6 Å². The third-order valence-corrected chi connectivity index (χ3v) is 4.10. The molecule has 0 amide bonds. The number of hydrogen-bond acceptors (Lipinski definition) is 6. The Bertz CT molecular complexity index is 630. The number of carbonyl (C=O) groups is 1. The maximum absolute atomic E-state index is 11.7. The SMILES string of the molecule is COC(=O)c1cc(N)cnc1NC(C)c1ccc(Cl)s1. The fraction of sp³-hybridized carbons (Fsp3) is 0.231. The van der Waals surface area contributed by atoms with Gasteiger partial charge in [0, 0.05) is 4.88 Å². The van der Waals surface area contributed by atoms with E-state index in [1.165, 1.54) is 30.7 Å². The van der Waals surface area contributed by atoms with Crippen LogP contribution in [-0.4, -0.2) is 18.1 Å². The van der Waals surface area contributed by atoms with E-state index in [1.54, 1.807) is 0 Å². The van der Waals surface area contributed by atoms with Crippen molar-refractivity contribution in [2.45, 2.75) is 13.0 Å². The molecule has 0 spiro atoms. The molecule has 1 unspecified atom stereocenters. The van der Waals surface area contributed by atoms with E-state index in [9.17, 15) is 4.79 Å². The highest BCUT2D eigenvalue weighted by atomic mass is 35.5. The smallest absolute Gasteiger partial charge is 0.341 e. The normalized spacial score (nSPS) is 11.9. The second-order valence-electron chi connectivity index (χ2n) is 4.16. The Kier molecular flexibility index (Phi) is 4.46. The molecule has 0 aliphatic heterocycles. The molecule has 0 radical (unpaired) electrons. The Morgan fingerprint density at radius 1 is 1.55 bits per heavy atom. The van der Waals surface area contributed by atoms with E-state index in [2.05, 4.69) is 10.3 Å². The number of anilines is 2. The van der Waals surface area contributed by atoms with Crippen LogP contribution in [0.15, 0.2) is 24.4 Å². The van der Waals surface area contributed by atoms with Crippen molar-refractivity contribution in [3.8, 4) is 0 Å². The Balaban J connectivity index is 2.26. The molecule has 0 aliphatic carbocycles. The van der Waals surface area contributed by atoms with Crippen LogP contribution in [0.4, 0.5) is 11.5 Å². The van der Waals surface area contributed by atoms with Crippen molar-refractivity contribution < 1.29 is 9.53 Å². The summed E-state index contributed by atoms with van der Waals surface area (Å²) in [6, 6.07) is 5.26. The third kappa shape index (κ3) is 3.20. The molecule has 106 valence electrons. The number of esters is 1. The molecule has 0 saturated carbocycles. The van der Waals surface area contributed by atoms with Crippen molar-refractivity contribution in [2.75, 3.05) is 18.2 Å². The zero-order valence-electron chi connectivity index (χ0n) is 11.0. The predicted octanol–water partition coefficient (Wildman–Crippen LogP) is 3.34. The van der Waals surface area contributed by atoms with Crippen LogP contribution in [-0.2, 0) is 4.74 Å². The summed E-state index contributed by atoms with van der Waals surface area (Å²) in [6.07, 6.45) is 1.49. The van der Waals surface area contributed by atoms with Crippen molar-refractivity contribution in [3.05, 3.63) is 39.2 Å². The summed E-state index contributed by atoms with van der Waals surface area (Å²) in [7, 11) is 1.32. The van der Waals surface area contributed by atoms with E-state index < -0.39 is 5.97 Å². The van der Waals surface area contributed by atoms with E-state index >= 15 is 0 Å². The minimum atomic E-state index is -0.483. The van der Waals surface area contributed by atoms with E-state index in [0.717, 1.165) is 4.88 Å². The number of carbonyl (C=O) groups excluding carboxylic acids is 1. The molecule has 2 aromatic heterocycles. The molecule has 2 aromatic rings. The van der Waals surface area contributed by atoms with Gasteiger partial charge in [0.25, 0.3) is 0 Å². The van der Waals surface area contributed by atoms with E-state index in [4.69, 9.17) is 22.1 Å². The quantitative estimate of drug-likeness (QED) is 0.847. The van der Waals surface area contributed by atoms with Gasteiger partial charge < -0.3 is 15.8 Å². The molecule has 0 fully saturated rings. The van der Waals surface area contributed by atoms with Crippen LogP contribution in [0.1, 0.15) is 28.2 Å². The van der Waals surface area contributed by atoms with Crippen LogP contribution in [0.25, 0.3) is 0 Å². The molecule has 0 aromatic carbocycles. The van der Waals surface area contributed by atoms with Gasteiger partial charge in [-0.15, -0.1) is 11.3 Å². The van der Waals surface area contributed by atoms with Crippen molar-refractivity contribution in [1.29, 1.82) is 0 Å². The minimum Gasteiger partial charge on any atom is -0.465 e. The van der Waals surface area contributed by atoms with Gasteiger partial charge >= 0.3 is 5.97 Å². The molecule has 20 heavy (non-hydrogen) atoms. The zero-order valence-corrected chi connectivity index (χ0v) is 12.6. The molecule has 0 bridgehead atoms. The molecule has 0 saturated heterocycles. The highest BCUT2D eigenvalue weighted by Gasteiger charge is 2.17. The predicted molar refractivity (Wildman–Crippen MR) is 81.4 cm³/mol. The van der Waals surface area contributed by atoms with Crippen LogP contribution >= 0.6 is 22.9 Å². The number of halogens is 1. The van der Waals surface area contributed by atoms with Gasteiger partial charge in [0.2, 0.25) is 0 Å². The first-order valence-corrected chi connectivity index (χ1v) is 7.06. The lowest BCUT2D eigenvalue weighted by Crippen LogP contribution is -2.13. The second-order valence-corrected chi connectivity index (χ2v) is 5.91. The number of nitrogens with zero attached hydrogens (tertiary/aromatic N) is 1. The number of hydrogen-bond donors (Lipinski definition) is 2. The number of nitrogens with two attached hydrogens (primary N) is 1. The van der Waals surface area contributed by atoms with Gasteiger partial charge in [0.1, 0.15) is 11.4 Å². The van der Waals surface area contributed by atoms with Gasteiger partial charge in [-0.2, -0.15) is 0 Å². The number of rotatable bonds is 4. The molecule has 1 atom stereocenters. The summed E-state index contributed by atoms with van der Waals surface area (Å²) in [6.45, 7) is 1.96. The Hall–Kier alpha value is -1.79. The van der Waals surface area contributed by atoms with Crippen molar-refractivity contribution >= 4 is 40.4 Å². The highest BCUT2D eigenvalue weighted by Crippen LogP contribution is 2.29. The number of methoxy groups -OCH3 is 1. The maximum Gasteiger partial charge on any atom is 0.341 e.